The van der Waals surface area contributed by atoms with E-state index in [4.69, 9.17) is 0 Å². The summed E-state index contributed by atoms with van der Waals surface area (Å²) in [5.41, 5.74) is -0.884. The molecule has 0 spiro atoms. The maximum absolute atomic E-state index is 14.0. The highest BCUT2D eigenvalue weighted by Gasteiger charge is 2.34. The van der Waals surface area contributed by atoms with Crippen molar-refractivity contribution < 1.29 is 22.4 Å². The quantitative estimate of drug-likeness (QED) is 0.641. The Morgan fingerprint density at radius 2 is 2.04 bits per heavy atom. The van der Waals surface area contributed by atoms with Gasteiger partial charge in [-0.3, -0.25) is 9.20 Å². The molecule has 2 aromatic heterocycles. The molecule has 0 radical (unpaired) electrons. The lowest BCUT2D eigenvalue weighted by atomic mass is 10.1. The molecule has 1 aromatic carbocycles. The van der Waals surface area contributed by atoms with Gasteiger partial charge >= 0.3 is 6.18 Å². The van der Waals surface area contributed by atoms with Crippen LogP contribution in [0.1, 0.15) is 27.3 Å². The third-order valence-electron chi connectivity index (χ3n) is 3.72. The van der Waals surface area contributed by atoms with Crippen LogP contribution in [0.3, 0.4) is 0 Å². The Hall–Kier alpha value is -2.49. The van der Waals surface area contributed by atoms with E-state index in [1.54, 1.807) is 11.3 Å². The summed E-state index contributed by atoms with van der Waals surface area (Å²) in [5, 5.41) is 10.2. The first kappa shape index (κ1) is 18.3. The van der Waals surface area contributed by atoms with E-state index in [-0.39, 0.29) is 17.7 Å². The fourth-order valence-corrected chi connectivity index (χ4v) is 2.92. The van der Waals surface area contributed by atoms with Crippen molar-refractivity contribution in [3.05, 3.63) is 63.3 Å². The Labute approximate surface area is 153 Å². The highest BCUT2D eigenvalue weighted by Crippen LogP contribution is 2.32. The summed E-state index contributed by atoms with van der Waals surface area (Å²) in [6, 6.07) is 4.44. The normalized spacial score (nSPS) is 11.8. The van der Waals surface area contributed by atoms with Gasteiger partial charge in [0.2, 0.25) is 0 Å². The van der Waals surface area contributed by atoms with Crippen molar-refractivity contribution in [2.24, 2.45) is 0 Å². The van der Waals surface area contributed by atoms with Crippen molar-refractivity contribution in [2.75, 3.05) is 0 Å². The molecule has 136 valence electrons. The molecule has 10 heteroatoms. The van der Waals surface area contributed by atoms with Crippen molar-refractivity contribution in [2.45, 2.75) is 19.6 Å². The lowest BCUT2D eigenvalue weighted by molar-refractivity contribution is -0.140. The van der Waals surface area contributed by atoms with Gasteiger partial charge in [-0.15, -0.1) is 10.2 Å². The standard InChI is InChI=1S/C16H11BrF4N4O/c1-8-23-24-14-12(17)5-10(7-25(8)14)15(26)22-6-9-3-2-4-11(13(9)18)16(19,20)21/h2-5,7H,6H2,1H3,(H,22,26). The topological polar surface area (TPSA) is 59.3 Å². The van der Waals surface area contributed by atoms with Crippen LogP contribution in [0.5, 0.6) is 0 Å². The van der Waals surface area contributed by atoms with E-state index in [0.717, 1.165) is 6.07 Å². The summed E-state index contributed by atoms with van der Waals surface area (Å²) < 4.78 is 54.4. The first-order valence-corrected chi connectivity index (χ1v) is 8.11. The van der Waals surface area contributed by atoms with Crippen LogP contribution in [-0.4, -0.2) is 20.5 Å². The number of nitrogens with one attached hydrogen (secondary N) is 1. The van der Waals surface area contributed by atoms with Gasteiger partial charge in [-0.05, 0) is 35.0 Å². The Balaban J connectivity index is 1.83. The molecule has 0 unspecified atom stereocenters. The van der Waals surface area contributed by atoms with E-state index >= 15 is 0 Å². The molecule has 0 saturated carbocycles. The number of halogens is 5. The molecule has 2 heterocycles. The Morgan fingerprint density at radius 1 is 1.31 bits per heavy atom. The summed E-state index contributed by atoms with van der Waals surface area (Å²) in [5.74, 6) is -1.41. The van der Waals surface area contributed by atoms with Gasteiger partial charge in [0, 0.05) is 18.3 Å². The highest BCUT2D eigenvalue weighted by molar-refractivity contribution is 9.10. The number of hydrogen-bond acceptors (Lipinski definition) is 3. The SMILES string of the molecule is Cc1nnc2c(Br)cc(C(=O)NCc3cccc(C(F)(F)F)c3F)cn12. The number of amides is 1. The number of carbonyl (C=O) groups excluding carboxylic acids is 1. The molecule has 0 aliphatic heterocycles. The average molecular weight is 431 g/mol. The summed E-state index contributed by atoms with van der Waals surface area (Å²) >= 11 is 3.28. The van der Waals surface area contributed by atoms with Crippen molar-refractivity contribution in [3.8, 4) is 0 Å². The molecule has 0 bridgehead atoms. The molecular weight excluding hydrogens is 420 g/mol. The molecule has 3 aromatic rings. The number of carbonyl (C=O) groups is 1. The van der Waals surface area contributed by atoms with Crippen LogP contribution >= 0.6 is 15.9 Å². The van der Waals surface area contributed by atoms with Gasteiger partial charge in [-0.2, -0.15) is 13.2 Å². The zero-order valence-corrected chi connectivity index (χ0v) is 14.8. The maximum Gasteiger partial charge on any atom is 0.419 e. The fraction of sp³-hybridized carbons (Fsp3) is 0.188. The highest BCUT2D eigenvalue weighted by atomic mass is 79.9. The van der Waals surface area contributed by atoms with Gasteiger partial charge in [-0.25, -0.2) is 4.39 Å². The van der Waals surface area contributed by atoms with Gasteiger partial charge < -0.3 is 5.32 Å². The minimum atomic E-state index is -4.80. The molecule has 0 atom stereocenters. The number of fused-ring (bicyclic) bond motifs is 1. The minimum absolute atomic E-state index is 0.222. The van der Waals surface area contributed by atoms with Crippen molar-refractivity contribution in [3.63, 3.8) is 0 Å². The number of benzene rings is 1. The van der Waals surface area contributed by atoms with Crippen LogP contribution in [0.25, 0.3) is 5.65 Å². The molecule has 1 N–H and O–H groups in total. The first-order valence-electron chi connectivity index (χ1n) is 7.32. The Bertz CT molecular complexity index is 1000. The van der Waals surface area contributed by atoms with E-state index in [1.165, 1.54) is 18.3 Å². The zero-order chi connectivity index (χ0) is 19.1. The lowest BCUT2D eigenvalue weighted by Gasteiger charge is -2.12. The largest absolute Gasteiger partial charge is 0.419 e. The summed E-state index contributed by atoms with van der Waals surface area (Å²) in [6.07, 6.45) is -3.31. The van der Waals surface area contributed by atoms with Gasteiger partial charge in [0.05, 0.1) is 15.6 Å². The minimum Gasteiger partial charge on any atom is -0.348 e. The van der Waals surface area contributed by atoms with Gasteiger partial charge in [0.1, 0.15) is 11.6 Å². The van der Waals surface area contributed by atoms with Crippen LogP contribution in [0, 0.1) is 12.7 Å². The lowest BCUT2D eigenvalue weighted by Crippen LogP contribution is -2.24. The Kier molecular flexibility index (Phi) is 4.70. The van der Waals surface area contributed by atoms with Crippen LogP contribution in [-0.2, 0) is 12.7 Å². The van der Waals surface area contributed by atoms with E-state index in [0.29, 0.717) is 22.0 Å². The van der Waals surface area contributed by atoms with Gasteiger partial charge in [-0.1, -0.05) is 12.1 Å². The maximum atomic E-state index is 14.0. The molecule has 5 nitrogen and oxygen atoms in total. The number of pyridine rings is 1. The zero-order valence-electron chi connectivity index (χ0n) is 13.2. The molecule has 3 rings (SSSR count). The molecule has 0 saturated heterocycles. The smallest absolute Gasteiger partial charge is 0.348 e. The third-order valence-corrected chi connectivity index (χ3v) is 4.30. The number of rotatable bonds is 3. The predicted molar refractivity (Wildman–Crippen MR) is 88.0 cm³/mol. The number of nitrogens with zero attached hydrogens (tertiary/aromatic N) is 3. The summed E-state index contributed by atoms with van der Waals surface area (Å²) in [4.78, 5) is 12.3. The third kappa shape index (κ3) is 3.41. The number of aryl methyl sites for hydroxylation is 1. The molecule has 0 fully saturated rings. The second-order valence-electron chi connectivity index (χ2n) is 5.48. The molecule has 0 aliphatic rings. The molecule has 0 aliphatic carbocycles. The van der Waals surface area contributed by atoms with E-state index < -0.39 is 23.5 Å². The van der Waals surface area contributed by atoms with Crippen molar-refractivity contribution in [1.82, 2.24) is 19.9 Å². The van der Waals surface area contributed by atoms with Crippen LogP contribution in [0.4, 0.5) is 17.6 Å². The van der Waals surface area contributed by atoms with Crippen LogP contribution in [0.15, 0.2) is 34.9 Å². The second kappa shape index (κ2) is 6.67. The number of aromatic nitrogens is 3. The molecular formula is C16H11BrF4N4O. The average Bonchev–Trinajstić information content (AvgIpc) is 2.94. The van der Waals surface area contributed by atoms with Crippen LogP contribution < -0.4 is 5.32 Å². The van der Waals surface area contributed by atoms with Gasteiger partial charge in [0.15, 0.2) is 5.65 Å². The number of alkyl halides is 3. The second-order valence-corrected chi connectivity index (χ2v) is 6.33. The van der Waals surface area contributed by atoms with E-state index in [9.17, 15) is 22.4 Å². The summed E-state index contributed by atoms with van der Waals surface area (Å²) in [7, 11) is 0. The monoisotopic (exact) mass is 430 g/mol. The fourth-order valence-electron chi connectivity index (χ4n) is 2.40. The Morgan fingerprint density at radius 3 is 2.73 bits per heavy atom. The first-order chi connectivity index (χ1) is 12.2. The molecule has 1 amide bonds. The van der Waals surface area contributed by atoms with Crippen molar-refractivity contribution >= 4 is 27.5 Å². The van der Waals surface area contributed by atoms with E-state index in [2.05, 4.69) is 31.4 Å². The van der Waals surface area contributed by atoms with E-state index in [1.807, 2.05) is 0 Å². The van der Waals surface area contributed by atoms with Crippen LogP contribution in [0.2, 0.25) is 0 Å². The predicted octanol–water partition coefficient (Wildman–Crippen LogP) is 3.89. The van der Waals surface area contributed by atoms with Crippen molar-refractivity contribution in [1.29, 1.82) is 0 Å². The number of hydrogen-bond donors (Lipinski definition) is 1. The summed E-state index contributed by atoms with van der Waals surface area (Å²) in [6.45, 7) is 1.32. The molecule has 26 heavy (non-hydrogen) atoms. The van der Waals surface area contributed by atoms with Gasteiger partial charge in [0.25, 0.3) is 5.91 Å².